The molecule has 3 heterocycles. The Morgan fingerprint density at radius 3 is 3.04 bits per heavy atom. The van der Waals surface area contributed by atoms with Crippen molar-refractivity contribution in [3.63, 3.8) is 0 Å². The molecule has 25 heavy (non-hydrogen) atoms. The molecule has 1 aromatic carbocycles. The van der Waals surface area contributed by atoms with Gasteiger partial charge in [-0.2, -0.15) is 4.98 Å². The monoisotopic (exact) mass is 339 g/mol. The normalized spacial score (nSPS) is 17.2. The molecule has 128 valence electrons. The van der Waals surface area contributed by atoms with E-state index in [1.807, 2.05) is 36.4 Å². The molecule has 1 aliphatic heterocycles. The van der Waals surface area contributed by atoms with Gasteiger partial charge in [-0.25, -0.2) is 0 Å². The second-order valence-electron chi connectivity index (χ2n) is 5.94. The number of aromatic nitrogens is 2. The van der Waals surface area contributed by atoms with Crippen molar-refractivity contribution in [1.29, 1.82) is 0 Å². The highest BCUT2D eigenvalue weighted by Gasteiger charge is 2.34. The standard InChI is InChI=1S/C18H17N3O4/c1-23-14-5-2-4-12(8-14)18-19-17(20-25-18)13-9-16(22)21(10-13)11-15-6-3-7-24-15/h2-8,13H,9-11H2,1H3. The molecule has 0 bridgehead atoms. The molecule has 3 aromatic rings. The Hall–Kier alpha value is -3.09. The van der Waals surface area contributed by atoms with Gasteiger partial charge in [0.25, 0.3) is 5.89 Å². The molecule has 1 unspecified atom stereocenters. The Labute approximate surface area is 144 Å². The molecule has 1 aliphatic rings. The van der Waals surface area contributed by atoms with Crippen LogP contribution in [0.4, 0.5) is 0 Å². The van der Waals surface area contributed by atoms with Crippen molar-refractivity contribution in [3.05, 3.63) is 54.2 Å². The fourth-order valence-electron chi connectivity index (χ4n) is 2.96. The number of benzene rings is 1. The van der Waals surface area contributed by atoms with Gasteiger partial charge in [0, 0.05) is 24.4 Å². The molecule has 0 aliphatic carbocycles. The van der Waals surface area contributed by atoms with Crippen LogP contribution in [0.3, 0.4) is 0 Å². The van der Waals surface area contributed by atoms with E-state index in [2.05, 4.69) is 10.1 Å². The molecule has 0 saturated carbocycles. The van der Waals surface area contributed by atoms with E-state index < -0.39 is 0 Å². The van der Waals surface area contributed by atoms with Gasteiger partial charge in [0.05, 0.1) is 19.9 Å². The van der Waals surface area contributed by atoms with E-state index in [1.54, 1.807) is 18.3 Å². The minimum absolute atomic E-state index is 0.0640. The summed E-state index contributed by atoms with van der Waals surface area (Å²) in [5.74, 6) is 2.44. The van der Waals surface area contributed by atoms with Crippen LogP contribution in [0.2, 0.25) is 0 Å². The Morgan fingerprint density at radius 2 is 2.24 bits per heavy atom. The highest BCUT2D eigenvalue weighted by atomic mass is 16.5. The first-order valence-corrected chi connectivity index (χ1v) is 8.01. The summed E-state index contributed by atoms with van der Waals surface area (Å²) in [4.78, 5) is 18.4. The lowest BCUT2D eigenvalue weighted by molar-refractivity contribution is -0.128. The molecule has 1 amide bonds. The van der Waals surface area contributed by atoms with Crippen LogP contribution in [0, 0.1) is 0 Å². The van der Waals surface area contributed by atoms with Crippen LogP contribution in [-0.2, 0) is 11.3 Å². The summed E-state index contributed by atoms with van der Waals surface area (Å²) in [5, 5.41) is 4.07. The maximum Gasteiger partial charge on any atom is 0.258 e. The molecular weight excluding hydrogens is 322 g/mol. The summed E-state index contributed by atoms with van der Waals surface area (Å²) in [5.41, 5.74) is 0.787. The zero-order chi connectivity index (χ0) is 17.2. The molecule has 4 rings (SSSR count). The molecule has 0 spiro atoms. The first kappa shape index (κ1) is 15.4. The number of amides is 1. The minimum Gasteiger partial charge on any atom is -0.497 e. The largest absolute Gasteiger partial charge is 0.497 e. The SMILES string of the molecule is COc1cccc(-c2nc(C3CC(=O)N(Cc4ccco4)C3)no2)c1. The zero-order valence-corrected chi connectivity index (χ0v) is 13.7. The van der Waals surface area contributed by atoms with Crippen molar-refractivity contribution >= 4 is 5.91 Å². The number of hydrogen-bond acceptors (Lipinski definition) is 6. The smallest absolute Gasteiger partial charge is 0.258 e. The Balaban J connectivity index is 1.49. The predicted molar refractivity (Wildman–Crippen MR) is 87.8 cm³/mol. The number of carbonyl (C=O) groups excluding carboxylic acids is 1. The zero-order valence-electron chi connectivity index (χ0n) is 13.7. The van der Waals surface area contributed by atoms with Gasteiger partial charge >= 0.3 is 0 Å². The van der Waals surface area contributed by atoms with E-state index >= 15 is 0 Å². The second-order valence-corrected chi connectivity index (χ2v) is 5.94. The molecule has 7 heteroatoms. The number of rotatable bonds is 5. The van der Waals surface area contributed by atoms with E-state index in [0.29, 0.717) is 31.2 Å². The summed E-state index contributed by atoms with van der Waals surface area (Å²) < 4.78 is 15.9. The summed E-state index contributed by atoms with van der Waals surface area (Å²) >= 11 is 0. The average molecular weight is 339 g/mol. The topological polar surface area (TPSA) is 81.6 Å². The lowest BCUT2D eigenvalue weighted by Gasteiger charge is -2.13. The van der Waals surface area contributed by atoms with Gasteiger partial charge < -0.3 is 18.6 Å². The second kappa shape index (κ2) is 6.43. The Kier molecular flexibility index (Phi) is 3.97. The third-order valence-corrected chi connectivity index (χ3v) is 4.26. The number of nitrogens with zero attached hydrogens (tertiary/aromatic N) is 3. The number of furan rings is 1. The van der Waals surface area contributed by atoms with Crippen molar-refractivity contribution in [2.24, 2.45) is 0 Å². The quantitative estimate of drug-likeness (QED) is 0.711. The fraction of sp³-hybridized carbons (Fsp3) is 0.278. The number of carbonyl (C=O) groups is 1. The van der Waals surface area contributed by atoms with E-state index in [4.69, 9.17) is 13.7 Å². The molecule has 1 atom stereocenters. The molecule has 7 nitrogen and oxygen atoms in total. The van der Waals surface area contributed by atoms with Gasteiger partial charge in [-0.05, 0) is 30.3 Å². The highest BCUT2D eigenvalue weighted by Crippen LogP contribution is 2.30. The number of ether oxygens (including phenoxy) is 1. The van der Waals surface area contributed by atoms with Crippen LogP contribution < -0.4 is 4.74 Å². The molecular formula is C18H17N3O4. The van der Waals surface area contributed by atoms with E-state index in [9.17, 15) is 4.79 Å². The molecule has 1 fully saturated rings. The van der Waals surface area contributed by atoms with Gasteiger partial charge in [-0.1, -0.05) is 11.2 Å². The first-order valence-electron chi connectivity index (χ1n) is 8.01. The van der Waals surface area contributed by atoms with Gasteiger partial charge in [0.15, 0.2) is 5.82 Å². The van der Waals surface area contributed by atoms with E-state index in [1.165, 1.54) is 0 Å². The Bertz CT molecular complexity index is 872. The summed E-state index contributed by atoms with van der Waals surface area (Å²) in [6.45, 7) is 1.01. The van der Waals surface area contributed by atoms with Crippen LogP contribution in [0.5, 0.6) is 5.75 Å². The minimum atomic E-state index is -0.0782. The molecule has 0 radical (unpaired) electrons. The summed E-state index contributed by atoms with van der Waals surface area (Å²) in [6, 6.07) is 11.1. The highest BCUT2D eigenvalue weighted by molar-refractivity contribution is 5.79. The van der Waals surface area contributed by atoms with Crippen molar-refractivity contribution in [2.45, 2.75) is 18.9 Å². The van der Waals surface area contributed by atoms with E-state index in [-0.39, 0.29) is 11.8 Å². The number of likely N-dealkylation sites (tertiary alicyclic amines) is 1. The van der Waals surface area contributed by atoms with Crippen LogP contribution >= 0.6 is 0 Å². The van der Waals surface area contributed by atoms with Crippen LogP contribution in [0.15, 0.2) is 51.6 Å². The van der Waals surface area contributed by atoms with Gasteiger partial charge in [-0.3, -0.25) is 4.79 Å². The van der Waals surface area contributed by atoms with Crippen molar-refractivity contribution in [1.82, 2.24) is 15.0 Å². The van der Waals surface area contributed by atoms with Crippen molar-refractivity contribution < 1.29 is 18.5 Å². The van der Waals surface area contributed by atoms with Crippen molar-refractivity contribution in [2.75, 3.05) is 13.7 Å². The van der Waals surface area contributed by atoms with Crippen LogP contribution in [0.1, 0.15) is 23.9 Å². The third-order valence-electron chi connectivity index (χ3n) is 4.26. The molecule has 0 N–H and O–H groups in total. The average Bonchev–Trinajstić information content (AvgIpc) is 3.37. The van der Waals surface area contributed by atoms with Crippen LogP contribution in [0.25, 0.3) is 11.5 Å². The van der Waals surface area contributed by atoms with Gasteiger partial charge in [0.2, 0.25) is 5.91 Å². The molecule has 2 aromatic heterocycles. The number of methoxy groups -OCH3 is 1. The fourth-order valence-corrected chi connectivity index (χ4v) is 2.96. The van der Waals surface area contributed by atoms with E-state index in [0.717, 1.165) is 17.1 Å². The summed E-state index contributed by atoms with van der Waals surface area (Å²) in [6.07, 6.45) is 1.98. The molecule has 1 saturated heterocycles. The third kappa shape index (κ3) is 3.13. The van der Waals surface area contributed by atoms with Gasteiger partial charge in [0.1, 0.15) is 11.5 Å². The lowest BCUT2D eigenvalue weighted by atomic mass is 10.1. The van der Waals surface area contributed by atoms with Gasteiger partial charge in [-0.15, -0.1) is 0 Å². The van der Waals surface area contributed by atoms with Crippen molar-refractivity contribution in [3.8, 4) is 17.2 Å². The maximum absolute atomic E-state index is 12.2. The first-order chi connectivity index (χ1) is 12.2. The summed E-state index contributed by atoms with van der Waals surface area (Å²) in [7, 11) is 1.61. The number of hydrogen-bond donors (Lipinski definition) is 0. The van der Waals surface area contributed by atoms with Crippen LogP contribution in [-0.4, -0.2) is 34.6 Å². The lowest BCUT2D eigenvalue weighted by Crippen LogP contribution is -2.24. The Morgan fingerprint density at radius 1 is 1.32 bits per heavy atom. The maximum atomic E-state index is 12.2. The predicted octanol–water partition coefficient (Wildman–Crippen LogP) is 2.85.